The molecule has 0 radical (unpaired) electrons. The summed E-state index contributed by atoms with van der Waals surface area (Å²) in [6, 6.07) is 8.01. The number of halogens is 1. The number of carbonyl (C=O) groups excluding carboxylic acids is 1. The molecule has 8 nitrogen and oxygen atoms in total. The van der Waals surface area contributed by atoms with Gasteiger partial charge < -0.3 is 19.5 Å². The van der Waals surface area contributed by atoms with Gasteiger partial charge >= 0.3 is 0 Å². The van der Waals surface area contributed by atoms with Crippen LogP contribution >= 0.6 is 11.6 Å². The number of benzene rings is 2. The van der Waals surface area contributed by atoms with Crippen LogP contribution in [0.5, 0.6) is 17.2 Å². The number of methoxy groups -OCH3 is 2. The predicted molar refractivity (Wildman–Crippen MR) is 111 cm³/mol. The minimum atomic E-state index is -4.06. The normalized spacial score (nSPS) is 12.2. The quantitative estimate of drug-likeness (QED) is 0.618. The number of carbonyl (C=O) groups is 1. The smallest absolute Gasteiger partial charge is 0.245 e. The van der Waals surface area contributed by atoms with Crippen LogP contribution in [0.1, 0.15) is 13.8 Å². The molecule has 158 valence electrons. The minimum absolute atomic E-state index is 0.141. The van der Waals surface area contributed by atoms with Crippen LogP contribution in [0.3, 0.4) is 0 Å². The second kappa shape index (κ2) is 9.82. The van der Waals surface area contributed by atoms with Gasteiger partial charge in [-0.15, -0.1) is 0 Å². The van der Waals surface area contributed by atoms with Crippen molar-refractivity contribution in [1.82, 2.24) is 4.72 Å². The molecule has 1 atom stereocenters. The summed E-state index contributed by atoms with van der Waals surface area (Å²) < 4.78 is 43.6. The van der Waals surface area contributed by atoms with Crippen molar-refractivity contribution in [2.75, 3.05) is 26.1 Å². The van der Waals surface area contributed by atoms with Crippen LogP contribution in [0.15, 0.2) is 41.3 Å². The standard InChI is InChI=1S/C19H23ClN2O6S/c1-5-28-16-8-6-13(20)10-18(16)29(24,25)22-12(2)19(23)21-14-7-9-15(26-3)17(11-14)27-4/h6-12,22H,5H2,1-4H3,(H,21,23). The summed E-state index contributed by atoms with van der Waals surface area (Å²) in [5, 5.41) is 2.87. The highest BCUT2D eigenvalue weighted by Gasteiger charge is 2.26. The molecule has 0 saturated heterocycles. The van der Waals surface area contributed by atoms with Gasteiger partial charge in [-0.2, -0.15) is 4.72 Å². The molecule has 29 heavy (non-hydrogen) atoms. The van der Waals surface area contributed by atoms with Crippen molar-refractivity contribution < 1.29 is 27.4 Å². The van der Waals surface area contributed by atoms with Gasteiger partial charge in [0.1, 0.15) is 10.6 Å². The Morgan fingerprint density at radius 2 is 1.72 bits per heavy atom. The Bertz CT molecular complexity index is 981. The second-order valence-electron chi connectivity index (χ2n) is 5.93. The van der Waals surface area contributed by atoms with Crippen LogP contribution < -0.4 is 24.2 Å². The van der Waals surface area contributed by atoms with Crippen LogP contribution in [0.25, 0.3) is 0 Å². The minimum Gasteiger partial charge on any atom is -0.493 e. The molecule has 0 heterocycles. The average Bonchev–Trinajstić information content (AvgIpc) is 2.68. The van der Waals surface area contributed by atoms with Crippen LogP contribution in [-0.2, 0) is 14.8 Å². The lowest BCUT2D eigenvalue weighted by atomic mass is 10.2. The summed E-state index contributed by atoms with van der Waals surface area (Å²) >= 11 is 5.93. The van der Waals surface area contributed by atoms with Gasteiger partial charge in [-0.3, -0.25) is 4.79 Å². The lowest BCUT2D eigenvalue weighted by molar-refractivity contribution is -0.117. The van der Waals surface area contributed by atoms with E-state index in [9.17, 15) is 13.2 Å². The molecule has 0 aromatic heterocycles. The third kappa shape index (κ3) is 5.75. The number of nitrogens with one attached hydrogen (secondary N) is 2. The number of hydrogen-bond donors (Lipinski definition) is 2. The summed E-state index contributed by atoms with van der Waals surface area (Å²) in [6.07, 6.45) is 0. The Morgan fingerprint density at radius 3 is 2.34 bits per heavy atom. The number of anilines is 1. The highest BCUT2D eigenvalue weighted by molar-refractivity contribution is 7.89. The first-order valence-corrected chi connectivity index (χ1v) is 10.6. The van der Waals surface area contributed by atoms with Crippen molar-refractivity contribution in [3.05, 3.63) is 41.4 Å². The maximum atomic E-state index is 12.8. The van der Waals surface area contributed by atoms with Crippen LogP contribution in [-0.4, -0.2) is 41.2 Å². The summed E-state index contributed by atoms with van der Waals surface area (Å²) in [6.45, 7) is 3.44. The lowest BCUT2D eigenvalue weighted by Crippen LogP contribution is -2.41. The van der Waals surface area contributed by atoms with Crippen molar-refractivity contribution >= 4 is 33.2 Å². The maximum Gasteiger partial charge on any atom is 0.245 e. The van der Waals surface area contributed by atoms with Crippen molar-refractivity contribution in [3.8, 4) is 17.2 Å². The molecule has 0 spiro atoms. The molecule has 2 aromatic carbocycles. The van der Waals surface area contributed by atoms with Crippen LogP contribution in [0.4, 0.5) is 5.69 Å². The topological polar surface area (TPSA) is 103 Å². The zero-order chi connectivity index (χ0) is 21.6. The van der Waals surface area contributed by atoms with E-state index < -0.39 is 22.0 Å². The molecule has 1 amide bonds. The van der Waals surface area contributed by atoms with Gasteiger partial charge in [0.2, 0.25) is 15.9 Å². The van der Waals surface area contributed by atoms with Crippen molar-refractivity contribution in [2.24, 2.45) is 0 Å². The number of ether oxygens (including phenoxy) is 3. The summed E-state index contributed by atoms with van der Waals surface area (Å²) in [5.41, 5.74) is 0.427. The Balaban J connectivity index is 2.18. The van der Waals surface area contributed by atoms with E-state index in [0.29, 0.717) is 17.2 Å². The van der Waals surface area contributed by atoms with Crippen molar-refractivity contribution in [2.45, 2.75) is 24.8 Å². The van der Waals surface area contributed by atoms with E-state index in [1.54, 1.807) is 25.1 Å². The molecule has 0 fully saturated rings. The van der Waals surface area contributed by atoms with E-state index in [1.165, 1.54) is 39.3 Å². The molecule has 0 aliphatic rings. The Kier molecular flexibility index (Phi) is 7.72. The van der Waals surface area contributed by atoms with E-state index >= 15 is 0 Å². The van der Waals surface area contributed by atoms with Gasteiger partial charge in [0.15, 0.2) is 11.5 Å². The van der Waals surface area contributed by atoms with Gasteiger partial charge in [-0.1, -0.05) is 11.6 Å². The molecule has 1 unspecified atom stereocenters. The first-order valence-electron chi connectivity index (χ1n) is 8.69. The van der Waals surface area contributed by atoms with Crippen molar-refractivity contribution in [1.29, 1.82) is 0 Å². The number of sulfonamides is 1. The highest BCUT2D eigenvalue weighted by Crippen LogP contribution is 2.30. The van der Waals surface area contributed by atoms with Gasteiger partial charge in [-0.25, -0.2) is 8.42 Å². The van der Waals surface area contributed by atoms with E-state index in [-0.39, 0.29) is 22.3 Å². The molecule has 10 heteroatoms. The van der Waals surface area contributed by atoms with Crippen LogP contribution in [0.2, 0.25) is 5.02 Å². The van der Waals surface area contributed by atoms with E-state index in [1.807, 2.05) is 0 Å². The monoisotopic (exact) mass is 442 g/mol. The Morgan fingerprint density at radius 1 is 1.07 bits per heavy atom. The van der Waals surface area contributed by atoms with E-state index in [0.717, 1.165) is 0 Å². The fourth-order valence-electron chi connectivity index (χ4n) is 2.48. The molecule has 0 aliphatic carbocycles. The molecular weight excluding hydrogens is 420 g/mol. The first-order chi connectivity index (χ1) is 13.7. The largest absolute Gasteiger partial charge is 0.493 e. The van der Waals surface area contributed by atoms with E-state index in [2.05, 4.69) is 10.0 Å². The Labute approximate surface area is 175 Å². The summed E-state index contributed by atoms with van der Waals surface area (Å²) in [4.78, 5) is 12.3. The lowest BCUT2D eigenvalue weighted by Gasteiger charge is -2.17. The van der Waals surface area contributed by atoms with Gasteiger partial charge in [-0.05, 0) is 44.2 Å². The third-order valence-electron chi connectivity index (χ3n) is 3.87. The molecule has 0 saturated carbocycles. The third-order valence-corrected chi connectivity index (χ3v) is 5.67. The molecule has 0 aliphatic heterocycles. The molecule has 2 N–H and O–H groups in total. The van der Waals surface area contributed by atoms with E-state index in [4.69, 9.17) is 25.8 Å². The van der Waals surface area contributed by atoms with Gasteiger partial charge in [0.05, 0.1) is 26.9 Å². The Hall–Kier alpha value is -2.49. The summed E-state index contributed by atoms with van der Waals surface area (Å²) in [7, 11) is -1.09. The van der Waals surface area contributed by atoms with Crippen molar-refractivity contribution in [3.63, 3.8) is 0 Å². The fourth-order valence-corrected chi connectivity index (χ4v) is 4.09. The first kappa shape index (κ1) is 22.8. The molecule has 0 bridgehead atoms. The van der Waals surface area contributed by atoms with Gasteiger partial charge in [0, 0.05) is 16.8 Å². The fraction of sp³-hybridized carbons (Fsp3) is 0.316. The molecule has 2 aromatic rings. The predicted octanol–water partition coefficient (Wildman–Crippen LogP) is 3.06. The second-order valence-corrected chi connectivity index (χ2v) is 8.04. The zero-order valence-corrected chi connectivity index (χ0v) is 18.1. The van der Waals surface area contributed by atoms with Gasteiger partial charge in [0.25, 0.3) is 0 Å². The highest BCUT2D eigenvalue weighted by atomic mass is 35.5. The zero-order valence-electron chi connectivity index (χ0n) is 16.5. The molecule has 2 rings (SSSR count). The number of amides is 1. The maximum absolute atomic E-state index is 12.8. The number of rotatable bonds is 9. The molecular formula is C19H23ClN2O6S. The number of hydrogen-bond acceptors (Lipinski definition) is 6. The summed E-state index contributed by atoms with van der Waals surface area (Å²) in [5.74, 6) is 0.528. The average molecular weight is 443 g/mol. The van der Waals surface area contributed by atoms with Crippen LogP contribution in [0, 0.1) is 0 Å². The SMILES string of the molecule is CCOc1ccc(Cl)cc1S(=O)(=O)NC(C)C(=O)Nc1ccc(OC)c(OC)c1.